The van der Waals surface area contributed by atoms with Gasteiger partial charge < -0.3 is 4.98 Å². The molecule has 3 nitrogen and oxygen atoms in total. The number of hydrogen-bond acceptors (Lipinski definition) is 2. The highest BCUT2D eigenvalue weighted by atomic mass is 14.9. The summed E-state index contributed by atoms with van der Waals surface area (Å²) in [5.41, 5.74) is 3.15. The maximum absolute atomic E-state index is 4.16. The number of fused-ring (bicyclic) bond motifs is 1. The van der Waals surface area contributed by atoms with E-state index in [0.29, 0.717) is 0 Å². The molecular weight excluding hydrogens is 138 g/mol. The Balaban J connectivity index is 2.94. The lowest BCUT2D eigenvalue weighted by Gasteiger charge is -1.91. The van der Waals surface area contributed by atoms with Crippen molar-refractivity contribution in [1.82, 2.24) is 15.0 Å². The summed E-state index contributed by atoms with van der Waals surface area (Å²) in [6, 6.07) is 0. The van der Waals surface area contributed by atoms with Crippen LogP contribution in [0, 0.1) is 13.8 Å². The number of aryl methyl sites for hydroxylation is 2. The van der Waals surface area contributed by atoms with Gasteiger partial charge in [-0.2, -0.15) is 0 Å². The summed E-state index contributed by atoms with van der Waals surface area (Å²) in [7, 11) is 0. The molecule has 0 aliphatic rings. The molecule has 2 heterocycles. The average molecular weight is 147 g/mol. The van der Waals surface area contributed by atoms with Crippen LogP contribution in [0.25, 0.3) is 10.9 Å². The monoisotopic (exact) mass is 147 g/mol. The minimum absolute atomic E-state index is 1.03. The van der Waals surface area contributed by atoms with Crippen LogP contribution in [-0.2, 0) is 0 Å². The minimum atomic E-state index is 1.03. The lowest BCUT2D eigenvalue weighted by atomic mass is 10.3. The second-order valence-electron chi connectivity index (χ2n) is 2.64. The zero-order chi connectivity index (χ0) is 7.84. The van der Waals surface area contributed by atoms with Crippen molar-refractivity contribution < 1.29 is 0 Å². The van der Waals surface area contributed by atoms with E-state index in [-0.39, 0.29) is 0 Å². The van der Waals surface area contributed by atoms with E-state index in [0.717, 1.165) is 22.3 Å². The second-order valence-corrected chi connectivity index (χ2v) is 2.64. The predicted molar refractivity (Wildman–Crippen MR) is 43.4 cm³/mol. The van der Waals surface area contributed by atoms with Crippen molar-refractivity contribution in [3.05, 3.63) is 23.9 Å². The molecule has 0 amide bonds. The normalized spacial score (nSPS) is 10.7. The Morgan fingerprint density at radius 1 is 1.27 bits per heavy atom. The van der Waals surface area contributed by atoms with E-state index in [4.69, 9.17) is 0 Å². The van der Waals surface area contributed by atoms with Crippen LogP contribution in [0.1, 0.15) is 11.4 Å². The van der Waals surface area contributed by atoms with Gasteiger partial charge in [-0.15, -0.1) is 0 Å². The Kier molecular flexibility index (Phi) is 1.18. The molecule has 0 unspecified atom stereocenters. The summed E-state index contributed by atoms with van der Waals surface area (Å²) < 4.78 is 0. The van der Waals surface area contributed by atoms with Gasteiger partial charge in [0.05, 0.1) is 11.2 Å². The van der Waals surface area contributed by atoms with Gasteiger partial charge in [-0.05, 0) is 13.8 Å². The van der Waals surface area contributed by atoms with Gasteiger partial charge in [0, 0.05) is 17.3 Å². The Labute approximate surface area is 64.5 Å². The third-order valence-electron chi connectivity index (χ3n) is 1.87. The zero-order valence-electron chi connectivity index (χ0n) is 6.55. The van der Waals surface area contributed by atoms with Crippen LogP contribution in [0.15, 0.2) is 12.5 Å². The van der Waals surface area contributed by atoms with Crippen LogP contribution < -0.4 is 0 Å². The molecule has 0 saturated heterocycles. The Hall–Kier alpha value is -1.38. The largest absolute Gasteiger partial charge is 0.363 e. The van der Waals surface area contributed by atoms with E-state index >= 15 is 0 Å². The van der Waals surface area contributed by atoms with Gasteiger partial charge in [-0.3, -0.25) is 0 Å². The van der Waals surface area contributed by atoms with Crippen molar-refractivity contribution >= 4 is 10.9 Å². The van der Waals surface area contributed by atoms with E-state index < -0.39 is 0 Å². The molecule has 11 heavy (non-hydrogen) atoms. The molecule has 0 fully saturated rings. The maximum Gasteiger partial charge on any atom is 0.116 e. The Morgan fingerprint density at radius 3 is 2.82 bits per heavy atom. The number of nitrogens with one attached hydrogen (secondary N) is 1. The van der Waals surface area contributed by atoms with Gasteiger partial charge in [0.25, 0.3) is 0 Å². The van der Waals surface area contributed by atoms with Crippen LogP contribution in [0.3, 0.4) is 0 Å². The fourth-order valence-electron chi connectivity index (χ4n) is 1.20. The summed E-state index contributed by atoms with van der Waals surface area (Å²) in [5.74, 6) is 0. The first kappa shape index (κ1) is 6.34. The standard InChI is InChI=1S/C8H9N3/c1-5-7-3-9-6(2)8(7)11-4-10-5/h3-4,9H,1-2H3. The molecular formula is C8H9N3. The lowest BCUT2D eigenvalue weighted by Crippen LogP contribution is -1.83. The van der Waals surface area contributed by atoms with E-state index in [9.17, 15) is 0 Å². The number of nitrogens with zero attached hydrogens (tertiary/aromatic N) is 2. The van der Waals surface area contributed by atoms with Crippen molar-refractivity contribution in [2.24, 2.45) is 0 Å². The first-order chi connectivity index (χ1) is 5.29. The molecule has 0 spiro atoms. The first-order valence-corrected chi connectivity index (χ1v) is 3.54. The minimum Gasteiger partial charge on any atom is -0.363 e. The second kappa shape index (κ2) is 2.05. The zero-order valence-corrected chi connectivity index (χ0v) is 6.55. The van der Waals surface area contributed by atoms with Gasteiger partial charge >= 0.3 is 0 Å². The van der Waals surface area contributed by atoms with Crippen LogP contribution in [0.2, 0.25) is 0 Å². The van der Waals surface area contributed by atoms with Crippen molar-refractivity contribution in [2.45, 2.75) is 13.8 Å². The van der Waals surface area contributed by atoms with Crippen LogP contribution in [0.5, 0.6) is 0 Å². The van der Waals surface area contributed by atoms with Crippen molar-refractivity contribution in [2.75, 3.05) is 0 Å². The summed E-state index contributed by atoms with van der Waals surface area (Å²) in [6.07, 6.45) is 3.54. The van der Waals surface area contributed by atoms with E-state index in [1.165, 1.54) is 0 Å². The molecule has 0 aromatic carbocycles. The molecule has 2 rings (SSSR count). The molecule has 0 aliphatic heterocycles. The van der Waals surface area contributed by atoms with Crippen LogP contribution in [0.4, 0.5) is 0 Å². The van der Waals surface area contributed by atoms with Gasteiger partial charge in [0.1, 0.15) is 6.33 Å². The van der Waals surface area contributed by atoms with E-state index in [2.05, 4.69) is 15.0 Å². The Morgan fingerprint density at radius 2 is 2.09 bits per heavy atom. The van der Waals surface area contributed by atoms with E-state index in [1.54, 1.807) is 6.33 Å². The van der Waals surface area contributed by atoms with Crippen molar-refractivity contribution in [1.29, 1.82) is 0 Å². The van der Waals surface area contributed by atoms with Crippen molar-refractivity contribution in [3.63, 3.8) is 0 Å². The number of aromatic amines is 1. The highest BCUT2D eigenvalue weighted by molar-refractivity contribution is 5.82. The molecule has 2 aromatic heterocycles. The van der Waals surface area contributed by atoms with Crippen LogP contribution in [-0.4, -0.2) is 15.0 Å². The molecule has 0 saturated carbocycles. The van der Waals surface area contributed by atoms with Gasteiger partial charge in [0.2, 0.25) is 0 Å². The molecule has 0 aliphatic carbocycles. The van der Waals surface area contributed by atoms with Gasteiger partial charge in [0.15, 0.2) is 0 Å². The summed E-state index contributed by atoms with van der Waals surface area (Å²) >= 11 is 0. The summed E-state index contributed by atoms with van der Waals surface area (Å²) in [6.45, 7) is 3.99. The third kappa shape index (κ3) is 0.808. The predicted octanol–water partition coefficient (Wildman–Crippen LogP) is 1.57. The maximum atomic E-state index is 4.16. The number of hydrogen-bond donors (Lipinski definition) is 1. The van der Waals surface area contributed by atoms with Gasteiger partial charge in [-0.1, -0.05) is 0 Å². The van der Waals surface area contributed by atoms with Gasteiger partial charge in [-0.25, -0.2) is 9.97 Å². The molecule has 0 radical (unpaired) electrons. The smallest absolute Gasteiger partial charge is 0.116 e. The molecule has 3 heteroatoms. The average Bonchev–Trinajstić information content (AvgIpc) is 2.35. The summed E-state index contributed by atoms with van der Waals surface area (Å²) in [5, 5.41) is 1.12. The fraction of sp³-hybridized carbons (Fsp3) is 0.250. The first-order valence-electron chi connectivity index (χ1n) is 3.54. The Bertz CT molecular complexity index is 389. The highest BCUT2D eigenvalue weighted by Crippen LogP contribution is 2.15. The number of H-pyrrole nitrogens is 1. The lowest BCUT2D eigenvalue weighted by molar-refractivity contribution is 1.15. The molecule has 56 valence electrons. The van der Waals surface area contributed by atoms with Crippen molar-refractivity contribution in [3.8, 4) is 0 Å². The number of rotatable bonds is 0. The summed E-state index contributed by atoms with van der Waals surface area (Å²) in [4.78, 5) is 11.4. The molecule has 2 aromatic rings. The quantitative estimate of drug-likeness (QED) is 0.614. The fourth-order valence-corrected chi connectivity index (χ4v) is 1.20. The van der Waals surface area contributed by atoms with E-state index in [1.807, 2.05) is 20.0 Å². The number of aromatic nitrogens is 3. The molecule has 0 bridgehead atoms. The topological polar surface area (TPSA) is 41.6 Å². The third-order valence-corrected chi connectivity index (χ3v) is 1.87. The molecule has 1 N–H and O–H groups in total. The highest BCUT2D eigenvalue weighted by Gasteiger charge is 2.01. The SMILES string of the molecule is Cc1ncnc2c(C)[nH]cc12. The molecule has 0 atom stereocenters. The van der Waals surface area contributed by atoms with Crippen LogP contribution >= 0.6 is 0 Å².